The average molecular weight is 267 g/mol. The zero-order chi connectivity index (χ0) is 13.7. The third kappa shape index (κ3) is 3.82. The third-order valence-corrected chi connectivity index (χ3v) is 2.68. The fourth-order valence-electron chi connectivity index (χ4n) is 1.75. The van der Waals surface area contributed by atoms with Crippen LogP contribution in [-0.2, 0) is 6.42 Å². The number of unbranched alkanes of at least 4 members (excludes halogenated alkanes) is 2. The molecule has 1 heterocycles. The second-order valence-electron chi connectivity index (χ2n) is 4.27. The van der Waals surface area contributed by atoms with Crippen LogP contribution in [0.4, 0.5) is 8.78 Å². The number of nitrogens with zero attached hydrogens (tertiary/aromatic N) is 2. The lowest BCUT2D eigenvalue weighted by molar-refractivity contribution is 0.374. The van der Waals surface area contributed by atoms with Gasteiger partial charge in [0.2, 0.25) is 11.7 Å². The second kappa shape index (κ2) is 6.38. The predicted molar refractivity (Wildman–Crippen MR) is 66.3 cm³/mol. The molecule has 0 bridgehead atoms. The van der Waals surface area contributed by atoms with Gasteiger partial charge >= 0.3 is 0 Å². The van der Waals surface area contributed by atoms with Crippen molar-refractivity contribution in [1.82, 2.24) is 10.1 Å². The molecule has 4 nitrogen and oxygen atoms in total. The van der Waals surface area contributed by atoms with Crippen molar-refractivity contribution >= 4 is 0 Å². The molecule has 0 aliphatic heterocycles. The van der Waals surface area contributed by atoms with Gasteiger partial charge in [0.15, 0.2) is 0 Å². The number of benzene rings is 1. The van der Waals surface area contributed by atoms with Gasteiger partial charge in [0, 0.05) is 18.1 Å². The standard InChI is InChI=1S/C13H15F2N3O/c14-10-6-9(7-11(15)8-10)13-17-12(19-18-13)4-2-1-3-5-16/h6-8H,1-5,16H2. The lowest BCUT2D eigenvalue weighted by Crippen LogP contribution is -1.98. The Morgan fingerprint density at radius 1 is 1.05 bits per heavy atom. The number of aromatic nitrogens is 2. The van der Waals surface area contributed by atoms with E-state index in [0.717, 1.165) is 25.3 Å². The molecule has 19 heavy (non-hydrogen) atoms. The fourth-order valence-corrected chi connectivity index (χ4v) is 1.75. The van der Waals surface area contributed by atoms with Crippen molar-refractivity contribution in [2.24, 2.45) is 5.73 Å². The van der Waals surface area contributed by atoms with Gasteiger partial charge in [-0.2, -0.15) is 4.98 Å². The third-order valence-electron chi connectivity index (χ3n) is 2.68. The lowest BCUT2D eigenvalue weighted by Gasteiger charge is -1.96. The summed E-state index contributed by atoms with van der Waals surface area (Å²) in [6.45, 7) is 0.664. The second-order valence-corrected chi connectivity index (χ2v) is 4.27. The van der Waals surface area contributed by atoms with Gasteiger partial charge in [-0.3, -0.25) is 0 Å². The van der Waals surface area contributed by atoms with Gasteiger partial charge in [-0.25, -0.2) is 8.78 Å². The Morgan fingerprint density at radius 2 is 1.79 bits per heavy atom. The molecule has 2 rings (SSSR count). The molecule has 0 unspecified atom stereocenters. The maximum absolute atomic E-state index is 13.1. The summed E-state index contributed by atoms with van der Waals surface area (Å²) in [4.78, 5) is 4.12. The van der Waals surface area contributed by atoms with Crippen LogP contribution in [0.25, 0.3) is 11.4 Å². The molecule has 0 saturated carbocycles. The quantitative estimate of drug-likeness (QED) is 0.817. The molecule has 0 fully saturated rings. The number of aryl methyl sites for hydroxylation is 1. The van der Waals surface area contributed by atoms with E-state index in [1.54, 1.807) is 0 Å². The van der Waals surface area contributed by atoms with Gasteiger partial charge in [-0.15, -0.1) is 0 Å². The van der Waals surface area contributed by atoms with Crippen LogP contribution >= 0.6 is 0 Å². The number of hydrogen-bond donors (Lipinski definition) is 1. The van der Waals surface area contributed by atoms with Crippen molar-refractivity contribution < 1.29 is 13.3 Å². The van der Waals surface area contributed by atoms with Gasteiger partial charge in [0.25, 0.3) is 0 Å². The van der Waals surface area contributed by atoms with Crippen molar-refractivity contribution in [2.75, 3.05) is 6.54 Å². The minimum Gasteiger partial charge on any atom is -0.339 e. The number of rotatable bonds is 6. The van der Waals surface area contributed by atoms with E-state index >= 15 is 0 Å². The number of nitrogens with two attached hydrogens (primary N) is 1. The van der Waals surface area contributed by atoms with Crippen LogP contribution in [0.5, 0.6) is 0 Å². The van der Waals surface area contributed by atoms with E-state index in [0.29, 0.717) is 18.9 Å². The first-order valence-corrected chi connectivity index (χ1v) is 6.18. The van der Waals surface area contributed by atoms with Crippen molar-refractivity contribution in [3.63, 3.8) is 0 Å². The maximum Gasteiger partial charge on any atom is 0.226 e. The van der Waals surface area contributed by atoms with E-state index in [9.17, 15) is 8.78 Å². The van der Waals surface area contributed by atoms with Crippen LogP contribution in [0.3, 0.4) is 0 Å². The van der Waals surface area contributed by atoms with Crippen LogP contribution in [0, 0.1) is 11.6 Å². The highest BCUT2D eigenvalue weighted by Gasteiger charge is 2.10. The number of halogens is 2. The van der Waals surface area contributed by atoms with Crippen molar-refractivity contribution in [3.8, 4) is 11.4 Å². The molecule has 1 aromatic carbocycles. The van der Waals surface area contributed by atoms with Crippen molar-refractivity contribution in [2.45, 2.75) is 25.7 Å². The summed E-state index contributed by atoms with van der Waals surface area (Å²) >= 11 is 0. The summed E-state index contributed by atoms with van der Waals surface area (Å²) in [6.07, 6.45) is 3.49. The zero-order valence-electron chi connectivity index (χ0n) is 10.4. The Hall–Kier alpha value is -1.82. The van der Waals surface area contributed by atoms with Crippen LogP contribution in [0.15, 0.2) is 22.7 Å². The van der Waals surface area contributed by atoms with Crippen molar-refractivity contribution in [3.05, 3.63) is 35.7 Å². The fraction of sp³-hybridized carbons (Fsp3) is 0.385. The van der Waals surface area contributed by atoms with Crippen LogP contribution < -0.4 is 5.73 Å². The van der Waals surface area contributed by atoms with Gasteiger partial charge in [-0.1, -0.05) is 11.6 Å². The average Bonchev–Trinajstić information content (AvgIpc) is 2.82. The summed E-state index contributed by atoms with van der Waals surface area (Å²) in [5.41, 5.74) is 5.67. The monoisotopic (exact) mass is 267 g/mol. The maximum atomic E-state index is 13.1. The van der Waals surface area contributed by atoms with E-state index in [-0.39, 0.29) is 11.4 Å². The largest absolute Gasteiger partial charge is 0.339 e. The molecule has 102 valence electrons. The summed E-state index contributed by atoms with van der Waals surface area (Å²) < 4.78 is 31.2. The zero-order valence-corrected chi connectivity index (χ0v) is 10.4. The Bertz CT molecular complexity index is 522. The SMILES string of the molecule is NCCCCCc1nc(-c2cc(F)cc(F)c2)no1. The number of hydrogen-bond acceptors (Lipinski definition) is 4. The van der Waals surface area contributed by atoms with E-state index in [2.05, 4.69) is 10.1 Å². The smallest absolute Gasteiger partial charge is 0.226 e. The predicted octanol–water partition coefficient (Wildman–Crippen LogP) is 2.69. The summed E-state index contributed by atoms with van der Waals surface area (Å²) in [5, 5.41) is 3.72. The van der Waals surface area contributed by atoms with E-state index in [1.807, 2.05) is 0 Å². The molecule has 0 aliphatic carbocycles. The minimum absolute atomic E-state index is 0.201. The van der Waals surface area contributed by atoms with Crippen molar-refractivity contribution in [1.29, 1.82) is 0 Å². The van der Waals surface area contributed by atoms with Gasteiger partial charge < -0.3 is 10.3 Å². The Balaban J connectivity index is 2.03. The molecular weight excluding hydrogens is 252 g/mol. The molecule has 6 heteroatoms. The highest BCUT2D eigenvalue weighted by atomic mass is 19.1. The van der Waals surface area contributed by atoms with E-state index in [4.69, 9.17) is 10.3 Å². The van der Waals surface area contributed by atoms with Gasteiger partial charge in [-0.05, 0) is 31.5 Å². The molecule has 1 aromatic heterocycles. The minimum atomic E-state index is -0.663. The lowest BCUT2D eigenvalue weighted by atomic mass is 10.2. The summed E-state index contributed by atoms with van der Waals surface area (Å²) in [5.74, 6) is -0.655. The topological polar surface area (TPSA) is 64.9 Å². The molecule has 2 N–H and O–H groups in total. The molecule has 0 aliphatic rings. The van der Waals surface area contributed by atoms with E-state index < -0.39 is 11.6 Å². The first-order chi connectivity index (χ1) is 9.19. The molecule has 0 radical (unpaired) electrons. The molecular formula is C13H15F2N3O. The van der Waals surface area contributed by atoms with Crippen LogP contribution in [0.2, 0.25) is 0 Å². The van der Waals surface area contributed by atoms with Crippen LogP contribution in [-0.4, -0.2) is 16.7 Å². The van der Waals surface area contributed by atoms with Gasteiger partial charge in [0.05, 0.1) is 0 Å². The molecule has 0 saturated heterocycles. The molecule has 0 spiro atoms. The highest BCUT2D eigenvalue weighted by molar-refractivity contribution is 5.54. The summed E-state index contributed by atoms with van der Waals surface area (Å²) in [6, 6.07) is 3.15. The first kappa shape index (κ1) is 13.6. The first-order valence-electron chi connectivity index (χ1n) is 6.18. The normalized spacial score (nSPS) is 10.9. The molecule has 0 atom stereocenters. The van der Waals surface area contributed by atoms with Crippen LogP contribution in [0.1, 0.15) is 25.2 Å². The Labute approximate surface area is 109 Å². The molecule has 2 aromatic rings. The Morgan fingerprint density at radius 3 is 2.47 bits per heavy atom. The van der Waals surface area contributed by atoms with Gasteiger partial charge in [0.1, 0.15) is 11.6 Å². The van der Waals surface area contributed by atoms with E-state index in [1.165, 1.54) is 12.1 Å². The highest BCUT2D eigenvalue weighted by Crippen LogP contribution is 2.19. The summed E-state index contributed by atoms with van der Waals surface area (Å²) in [7, 11) is 0. The Kier molecular flexibility index (Phi) is 4.57. The molecule has 0 amide bonds.